The van der Waals surface area contributed by atoms with Crippen molar-refractivity contribution in [2.24, 2.45) is 37.9 Å². The minimum Gasteiger partial charge on any atom is -0.464 e. The highest BCUT2D eigenvalue weighted by Crippen LogP contribution is 2.34. The smallest absolute Gasteiger partial charge is 0.347 e. The largest absolute Gasteiger partial charge is 0.464 e. The standard InChI is InChI=1S/C84H124O53/c1-39(85)56(94)130-47(9)64(102)116-27-79(19,28-117-65(103)48(10)131-57(95)40(2)86)72(110)126-35-83(23,36-127-73(111)80(20,29-118-66(104)49(11)132-58(96)41(3)87)30-119-67(105)50(12)133-59(97)42(4)88)76(114)124-25-78(18,55(17)93)26-125-77(115)84(24,37-128-74(112)81(21,31-120-68(106)51(13)134-60(98)43(5)89)32-121-69(107)52(14)135-61(99)44(6)90)38-129-75(113)82(22,33-122-70(108)53(15)136-62(100)45(7)91)34-123-71(109)54(16)137-63(101)46(8)92/h39-54,85-92H,25-38H2,1-24H3. The number of esters is 22. The first kappa shape index (κ1) is 125. The summed E-state index contributed by atoms with van der Waals surface area (Å²) in [6, 6.07) is 0. The number of hydrogen-bond acceptors (Lipinski definition) is 53. The highest BCUT2D eigenvalue weighted by atomic mass is 16.7. The van der Waals surface area contributed by atoms with Crippen LogP contribution in [0.25, 0.3) is 0 Å². The summed E-state index contributed by atoms with van der Waals surface area (Å²) in [7, 11) is 0. The van der Waals surface area contributed by atoms with E-state index in [4.69, 9.17) is 104 Å². The Kier molecular flexibility index (Phi) is 50.8. The summed E-state index contributed by atoms with van der Waals surface area (Å²) in [6.45, 7) is 3.72. The van der Waals surface area contributed by atoms with Crippen molar-refractivity contribution >= 4 is 137 Å². The van der Waals surface area contributed by atoms with E-state index in [1.54, 1.807) is 0 Å². The van der Waals surface area contributed by atoms with Crippen molar-refractivity contribution in [2.75, 3.05) is 92.5 Å². The van der Waals surface area contributed by atoms with Gasteiger partial charge in [0.25, 0.3) is 0 Å². The predicted octanol–water partition coefficient (Wildman–Crippen LogP) is -4.28. The van der Waals surface area contributed by atoms with E-state index in [0.29, 0.717) is 0 Å². The molecule has 0 aromatic heterocycles. The molecule has 0 radical (unpaired) electrons. The fraction of sp³-hybridized carbons (Fsp3) is 0.726. The molecule has 0 amide bonds. The average molecular weight is 1980 g/mol. The van der Waals surface area contributed by atoms with Gasteiger partial charge in [0.1, 0.15) is 180 Å². The summed E-state index contributed by atoms with van der Waals surface area (Å²) < 4.78 is 115. The fourth-order valence-corrected chi connectivity index (χ4v) is 8.95. The van der Waals surface area contributed by atoms with Gasteiger partial charge in [-0.2, -0.15) is 0 Å². The molecule has 53 heteroatoms. The van der Waals surface area contributed by atoms with E-state index < -0.39 is 365 Å². The molecule has 0 bridgehead atoms. The second-order valence-electron chi connectivity index (χ2n) is 33.8. The summed E-state index contributed by atoms with van der Waals surface area (Å²) in [6.07, 6.45) is -29.3. The van der Waals surface area contributed by atoms with Crippen molar-refractivity contribution < 1.29 is 255 Å². The zero-order chi connectivity index (χ0) is 106. The normalized spacial score (nSPS) is 17.8. The molecule has 778 valence electrons. The number of carbonyl (C=O) groups is 23. The van der Waals surface area contributed by atoms with Crippen LogP contribution in [-0.4, -0.2) is 368 Å². The van der Waals surface area contributed by atoms with Crippen molar-refractivity contribution in [2.45, 2.75) is 264 Å². The molecule has 0 aliphatic rings. The molecule has 0 fully saturated rings. The lowest BCUT2D eigenvalue weighted by molar-refractivity contribution is -0.189. The van der Waals surface area contributed by atoms with Crippen LogP contribution in [-0.2, 0) is 214 Å². The van der Waals surface area contributed by atoms with Crippen molar-refractivity contribution in [3.63, 3.8) is 0 Å². The van der Waals surface area contributed by atoms with Gasteiger partial charge in [-0.3, -0.25) is 33.6 Å². The summed E-state index contributed by atoms with van der Waals surface area (Å²) in [5.41, 5.74) is -18.2. The van der Waals surface area contributed by atoms with Crippen LogP contribution in [0.1, 0.15) is 166 Å². The Morgan fingerprint density at radius 2 is 0.248 bits per heavy atom. The SMILES string of the molecule is CC(=O)C(C)(COC(=O)C(C)(COC(=O)C(C)(COC(=O)C(C)OC(=O)C(C)O)COC(=O)C(C)OC(=O)C(C)O)COC(=O)C(C)(COC(=O)C(C)OC(=O)C(C)O)COC(=O)C(C)OC(=O)C(C)O)COC(=O)C(C)(COC(=O)C(C)(COC(=O)C(C)OC(=O)C(C)O)COC(=O)C(C)OC(=O)C(C)O)COC(=O)C(C)(COC(=O)C(C)OC(=O)C(C)O)COC(=O)C(C)OC(=O)C(C)O. The van der Waals surface area contributed by atoms with Gasteiger partial charge in [-0.25, -0.2) is 76.7 Å². The van der Waals surface area contributed by atoms with E-state index in [1.807, 2.05) is 0 Å². The minimum absolute atomic E-state index is 0.812. The summed E-state index contributed by atoms with van der Waals surface area (Å²) in [4.78, 5) is 308. The molecule has 8 N–H and O–H groups in total. The number of ketones is 1. The van der Waals surface area contributed by atoms with Gasteiger partial charge in [0.15, 0.2) is 48.8 Å². The average Bonchev–Trinajstić information content (AvgIpc) is 0.805. The molecule has 16 atom stereocenters. The van der Waals surface area contributed by atoms with E-state index in [0.717, 1.165) is 166 Å². The predicted molar refractivity (Wildman–Crippen MR) is 439 cm³/mol. The Labute approximate surface area is 784 Å². The van der Waals surface area contributed by atoms with Crippen molar-refractivity contribution in [1.29, 1.82) is 0 Å². The Morgan fingerprint density at radius 1 is 0.161 bits per heavy atom. The first-order valence-corrected chi connectivity index (χ1v) is 41.7. The van der Waals surface area contributed by atoms with Crippen molar-refractivity contribution in [3.05, 3.63) is 0 Å². The third-order valence-corrected chi connectivity index (χ3v) is 18.9. The second-order valence-corrected chi connectivity index (χ2v) is 33.8. The number of hydrogen-bond donors (Lipinski definition) is 8. The van der Waals surface area contributed by atoms with Gasteiger partial charge >= 0.3 is 131 Å². The maximum Gasteiger partial charge on any atom is 0.347 e. The van der Waals surface area contributed by atoms with E-state index in [1.165, 1.54) is 0 Å². The Morgan fingerprint density at radius 3 is 0.336 bits per heavy atom. The maximum atomic E-state index is 15.2. The number of ether oxygens (including phenoxy) is 22. The van der Waals surface area contributed by atoms with Gasteiger partial charge in [-0.15, -0.1) is 0 Å². The lowest BCUT2D eigenvalue weighted by atomic mass is 9.87. The van der Waals surface area contributed by atoms with Gasteiger partial charge in [0.2, 0.25) is 0 Å². The van der Waals surface area contributed by atoms with Crippen LogP contribution in [0.15, 0.2) is 0 Å². The van der Waals surface area contributed by atoms with Gasteiger partial charge in [0, 0.05) is 0 Å². The molecule has 0 saturated carbocycles. The van der Waals surface area contributed by atoms with Gasteiger partial charge in [-0.1, -0.05) is 0 Å². The minimum atomic E-state index is -2.79. The molecule has 0 aliphatic carbocycles. The van der Waals surface area contributed by atoms with E-state index in [9.17, 15) is 142 Å². The molecule has 0 aromatic carbocycles. The van der Waals surface area contributed by atoms with Crippen molar-refractivity contribution in [3.8, 4) is 0 Å². The lowest BCUT2D eigenvalue weighted by Crippen LogP contribution is -2.49. The number of aliphatic hydroxyl groups is 8. The van der Waals surface area contributed by atoms with Crippen LogP contribution in [0, 0.1) is 37.9 Å². The molecule has 0 spiro atoms. The Hall–Kier alpha value is -12.3. The highest BCUT2D eigenvalue weighted by Gasteiger charge is 2.51. The monoisotopic (exact) mass is 1980 g/mol. The first-order chi connectivity index (χ1) is 62.8. The molecular formula is C84H124O53. The first-order valence-electron chi connectivity index (χ1n) is 41.7. The zero-order valence-electron chi connectivity index (χ0n) is 80.1. The van der Waals surface area contributed by atoms with Crippen molar-refractivity contribution in [1.82, 2.24) is 0 Å². The van der Waals surface area contributed by atoms with E-state index in [-0.39, 0.29) is 0 Å². The third kappa shape index (κ3) is 41.7. The number of carbonyl (C=O) groups excluding carboxylic acids is 23. The molecular weight excluding hydrogens is 1860 g/mol. The van der Waals surface area contributed by atoms with Gasteiger partial charge in [0.05, 0.1) is 5.41 Å². The molecule has 0 aliphatic heterocycles. The molecule has 53 nitrogen and oxygen atoms in total. The van der Waals surface area contributed by atoms with E-state index in [2.05, 4.69) is 0 Å². The van der Waals surface area contributed by atoms with Crippen LogP contribution in [0.4, 0.5) is 0 Å². The molecule has 0 heterocycles. The molecule has 137 heavy (non-hydrogen) atoms. The molecule has 0 aromatic rings. The maximum absolute atomic E-state index is 15.2. The zero-order valence-corrected chi connectivity index (χ0v) is 80.1. The number of rotatable bonds is 59. The van der Waals surface area contributed by atoms with Gasteiger partial charge < -0.3 is 145 Å². The van der Waals surface area contributed by atoms with E-state index >= 15 is 9.59 Å². The Bertz CT molecular complexity index is 3600. The summed E-state index contributed by atoms with van der Waals surface area (Å²) in [5.74, 6) is -33.6. The van der Waals surface area contributed by atoms with Crippen LogP contribution >= 0.6 is 0 Å². The molecule has 0 rings (SSSR count). The van der Waals surface area contributed by atoms with Crippen LogP contribution in [0.2, 0.25) is 0 Å². The Balaban J connectivity index is 9.03. The highest BCUT2D eigenvalue weighted by molar-refractivity contribution is 5.90. The number of Topliss-reactive ketones (excluding diaryl/α,β-unsaturated/α-hetero) is 1. The second kappa shape index (κ2) is 55.8. The quantitative estimate of drug-likeness (QED) is 0.0211. The summed E-state index contributed by atoms with van der Waals surface area (Å²) >= 11 is 0. The van der Waals surface area contributed by atoms with Crippen LogP contribution in [0.5, 0.6) is 0 Å². The summed E-state index contributed by atoms with van der Waals surface area (Å²) in [5, 5.41) is 77.8. The van der Waals surface area contributed by atoms with Crippen LogP contribution < -0.4 is 0 Å². The molecule has 16 unspecified atom stereocenters. The molecule has 0 saturated heterocycles. The lowest BCUT2D eigenvalue weighted by Gasteiger charge is -2.34. The number of aliphatic hydroxyl groups excluding tert-OH is 8. The third-order valence-electron chi connectivity index (χ3n) is 18.9. The topological polar surface area (TPSA) is 758 Å². The van der Waals surface area contributed by atoms with Gasteiger partial charge in [-0.05, 0) is 166 Å². The fourth-order valence-electron chi connectivity index (χ4n) is 8.95. The van der Waals surface area contributed by atoms with Crippen LogP contribution in [0.3, 0.4) is 0 Å².